The number of aromatic nitrogens is 2. The number of anilines is 1. The number of fused-ring (bicyclic) bond motifs is 1. The molecule has 0 unspecified atom stereocenters. The quantitative estimate of drug-likeness (QED) is 0.638. The van der Waals surface area contributed by atoms with Crippen molar-refractivity contribution in [2.75, 3.05) is 31.1 Å². The molecule has 0 spiro atoms. The summed E-state index contributed by atoms with van der Waals surface area (Å²) in [5.74, 6) is 1.60. The van der Waals surface area contributed by atoms with Crippen LogP contribution in [0.3, 0.4) is 0 Å². The minimum Gasteiger partial charge on any atom is -0.352 e. The van der Waals surface area contributed by atoms with Crippen molar-refractivity contribution in [2.45, 2.75) is 18.8 Å². The fourth-order valence-electron chi connectivity index (χ4n) is 4.23. The van der Waals surface area contributed by atoms with E-state index in [2.05, 4.69) is 63.9 Å². The molecule has 0 atom stereocenters. The highest BCUT2D eigenvalue weighted by Crippen LogP contribution is 2.46. The molecule has 1 amide bonds. The molecular formula is C24H24N4O. The number of amides is 1. The van der Waals surface area contributed by atoms with Crippen molar-refractivity contribution in [2.24, 2.45) is 0 Å². The standard InChI is InChI=1S/C24H24N4O/c1-2-23(29)27-10-12-28(13-11-27)24-21-14-19(18-8-9-18)20(15-22(21)25-16-26-24)17-6-4-3-5-7-17/h2-7,14-16,18H,1,8-13H2. The molecule has 1 aliphatic heterocycles. The first-order valence-electron chi connectivity index (χ1n) is 10.2. The van der Waals surface area contributed by atoms with Gasteiger partial charge >= 0.3 is 0 Å². The van der Waals surface area contributed by atoms with Gasteiger partial charge in [-0.15, -0.1) is 0 Å². The van der Waals surface area contributed by atoms with Crippen molar-refractivity contribution in [3.05, 3.63) is 67.0 Å². The summed E-state index contributed by atoms with van der Waals surface area (Å²) in [5.41, 5.74) is 4.91. The summed E-state index contributed by atoms with van der Waals surface area (Å²) >= 11 is 0. The number of hydrogen-bond donors (Lipinski definition) is 0. The first-order valence-corrected chi connectivity index (χ1v) is 10.2. The second-order valence-corrected chi connectivity index (χ2v) is 7.81. The Balaban J connectivity index is 1.54. The Morgan fingerprint density at radius 1 is 1.03 bits per heavy atom. The number of rotatable bonds is 4. The van der Waals surface area contributed by atoms with E-state index in [1.807, 2.05) is 4.90 Å². The smallest absolute Gasteiger partial charge is 0.246 e. The van der Waals surface area contributed by atoms with E-state index in [9.17, 15) is 4.79 Å². The van der Waals surface area contributed by atoms with Crippen LogP contribution in [0.25, 0.3) is 22.0 Å². The molecule has 5 nitrogen and oxygen atoms in total. The molecule has 29 heavy (non-hydrogen) atoms. The third-order valence-electron chi connectivity index (χ3n) is 5.95. The number of nitrogens with zero attached hydrogens (tertiary/aromatic N) is 4. The summed E-state index contributed by atoms with van der Waals surface area (Å²) < 4.78 is 0. The molecule has 5 rings (SSSR count). The van der Waals surface area contributed by atoms with Gasteiger partial charge in [-0.25, -0.2) is 9.97 Å². The van der Waals surface area contributed by atoms with Crippen molar-refractivity contribution in [3.63, 3.8) is 0 Å². The molecule has 0 N–H and O–H groups in total. The highest BCUT2D eigenvalue weighted by Gasteiger charge is 2.28. The maximum atomic E-state index is 11.9. The van der Waals surface area contributed by atoms with Crippen LogP contribution in [0, 0.1) is 0 Å². The van der Waals surface area contributed by atoms with Crippen LogP contribution in [0.4, 0.5) is 5.82 Å². The largest absolute Gasteiger partial charge is 0.352 e. The molecule has 1 aliphatic carbocycles. The first-order chi connectivity index (χ1) is 14.2. The van der Waals surface area contributed by atoms with Gasteiger partial charge in [-0.3, -0.25) is 4.79 Å². The van der Waals surface area contributed by atoms with Gasteiger partial charge in [-0.1, -0.05) is 36.9 Å². The molecule has 3 aromatic rings. The lowest BCUT2D eigenvalue weighted by atomic mass is 9.94. The van der Waals surface area contributed by atoms with Crippen molar-refractivity contribution >= 4 is 22.6 Å². The van der Waals surface area contributed by atoms with E-state index in [1.54, 1.807) is 6.33 Å². The molecule has 0 radical (unpaired) electrons. The number of carbonyl (C=O) groups is 1. The Morgan fingerprint density at radius 2 is 1.79 bits per heavy atom. The lowest BCUT2D eigenvalue weighted by Gasteiger charge is -2.35. The molecule has 0 bridgehead atoms. The maximum absolute atomic E-state index is 11.9. The van der Waals surface area contributed by atoms with Crippen molar-refractivity contribution in [3.8, 4) is 11.1 Å². The summed E-state index contributed by atoms with van der Waals surface area (Å²) in [6.45, 7) is 6.51. The Morgan fingerprint density at radius 3 is 2.48 bits per heavy atom. The second kappa shape index (κ2) is 7.32. The average Bonchev–Trinajstić information content (AvgIpc) is 3.63. The zero-order valence-corrected chi connectivity index (χ0v) is 16.4. The maximum Gasteiger partial charge on any atom is 0.246 e. The van der Waals surface area contributed by atoms with Gasteiger partial charge < -0.3 is 9.80 Å². The minimum absolute atomic E-state index is 0.000665. The summed E-state index contributed by atoms with van der Waals surface area (Å²) in [6, 6.07) is 15.1. The molecule has 2 fully saturated rings. The van der Waals surface area contributed by atoms with E-state index < -0.39 is 0 Å². The Bertz CT molecular complexity index is 1070. The van der Waals surface area contributed by atoms with E-state index in [0.717, 1.165) is 29.8 Å². The predicted molar refractivity (Wildman–Crippen MR) is 116 cm³/mol. The van der Waals surface area contributed by atoms with Crippen LogP contribution in [-0.4, -0.2) is 47.0 Å². The van der Waals surface area contributed by atoms with E-state index in [0.29, 0.717) is 19.0 Å². The molecule has 1 saturated heterocycles. The Kier molecular flexibility index (Phi) is 4.51. The van der Waals surface area contributed by atoms with Crippen LogP contribution >= 0.6 is 0 Å². The van der Waals surface area contributed by atoms with Gasteiger partial charge in [-0.05, 0) is 53.7 Å². The molecule has 1 aromatic heterocycles. The SMILES string of the molecule is C=CC(=O)N1CCN(c2ncnc3cc(-c4ccccc4)c(C4CC4)cc23)CC1. The third-order valence-corrected chi connectivity index (χ3v) is 5.95. The summed E-state index contributed by atoms with van der Waals surface area (Å²) in [5, 5.41) is 1.11. The van der Waals surface area contributed by atoms with Crippen LogP contribution in [0.15, 0.2) is 61.4 Å². The van der Waals surface area contributed by atoms with Crippen molar-refractivity contribution < 1.29 is 4.79 Å². The minimum atomic E-state index is 0.000665. The summed E-state index contributed by atoms with van der Waals surface area (Å²) in [4.78, 5) is 25.2. The fourth-order valence-corrected chi connectivity index (χ4v) is 4.23. The normalized spacial score (nSPS) is 16.8. The topological polar surface area (TPSA) is 49.3 Å². The van der Waals surface area contributed by atoms with Gasteiger partial charge in [0.1, 0.15) is 12.1 Å². The molecule has 146 valence electrons. The zero-order chi connectivity index (χ0) is 19.8. The van der Waals surface area contributed by atoms with Crippen LogP contribution in [0.2, 0.25) is 0 Å². The lowest BCUT2D eigenvalue weighted by molar-refractivity contribution is -0.126. The molecule has 2 aliphatic rings. The van der Waals surface area contributed by atoms with E-state index >= 15 is 0 Å². The van der Waals surface area contributed by atoms with Crippen LogP contribution in [-0.2, 0) is 4.79 Å². The van der Waals surface area contributed by atoms with Gasteiger partial charge in [0.05, 0.1) is 5.52 Å². The summed E-state index contributed by atoms with van der Waals surface area (Å²) in [7, 11) is 0. The third kappa shape index (κ3) is 3.37. The zero-order valence-electron chi connectivity index (χ0n) is 16.4. The fraction of sp³-hybridized carbons (Fsp3) is 0.292. The van der Waals surface area contributed by atoms with Crippen molar-refractivity contribution in [1.82, 2.24) is 14.9 Å². The highest BCUT2D eigenvalue weighted by atomic mass is 16.2. The van der Waals surface area contributed by atoms with E-state index in [4.69, 9.17) is 0 Å². The highest BCUT2D eigenvalue weighted by molar-refractivity contribution is 5.94. The number of piperazine rings is 1. The van der Waals surface area contributed by atoms with Crippen LogP contribution in [0.1, 0.15) is 24.3 Å². The van der Waals surface area contributed by atoms with Crippen LogP contribution in [0.5, 0.6) is 0 Å². The van der Waals surface area contributed by atoms with Gasteiger partial charge in [0.2, 0.25) is 5.91 Å². The second-order valence-electron chi connectivity index (χ2n) is 7.81. The lowest BCUT2D eigenvalue weighted by Crippen LogP contribution is -2.48. The Hall–Kier alpha value is -3.21. The van der Waals surface area contributed by atoms with Crippen LogP contribution < -0.4 is 4.90 Å². The van der Waals surface area contributed by atoms with E-state index in [-0.39, 0.29) is 5.91 Å². The Labute approximate surface area is 170 Å². The molecule has 2 aromatic carbocycles. The van der Waals surface area contributed by atoms with Gasteiger partial charge in [-0.2, -0.15) is 0 Å². The number of hydrogen-bond acceptors (Lipinski definition) is 4. The summed E-state index contributed by atoms with van der Waals surface area (Å²) in [6.07, 6.45) is 5.54. The van der Waals surface area contributed by atoms with Gasteiger partial charge in [0, 0.05) is 31.6 Å². The first kappa shape index (κ1) is 17.9. The molecule has 1 saturated carbocycles. The molecule has 5 heteroatoms. The van der Waals surface area contributed by atoms with Gasteiger partial charge in [0.25, 0.3) is 0 Å². The van der Waals surface area contributed by atoms with Gasteiger partial charge in [0.15, 0.2) is 0 Å². The number of benzene rings is 2. The van der Waals surface area contributed by atoms with Crippen molar-refractivity contribution in [1.29, 1.82) is 0 Å². The predicted octanol–water partition coefficient (Wildman–Crippen LogP) is 4.01. The molecule has 2 heterocycles. The van der Waals surface area contributed by atoms with E-state index in [1.165, 1.54) is 35.6 Å². The average molecular weight is 384 g/mol. The molecular weight excluding hydrogens is 360 g/mol. The monoisotopic (exact) mass is 384 g/mol. The number of carbonyl (C=O) groups excluding carboxylic acids is 1.